The molecule has 0 aliphatic rings. The van der Waals surface area contributed by atoms with E-state index in [1.807, 2.05) is 45.0 Å². The fourth-order valence-electron chi connectivity index (χ4n) is 2.25. The molecule has 3 rings (SSSR count). The molecule has 1 amide bonds. The summed E-state index contributed by atoms with van der Waals surface area (Å²) in [6, 6.07) is 7.61. The van der Waals surface area contributed by atoms with Gasteiger partial charge >= 0.3 is 6.09 Å². The average Bonchev–Trinajstić information content (AvgIpc) is 3.18. The van der Waals surface area contributed by atoms with Gasteiger partial charge in [0.1, 0.15) is 23.4 Å². The predicted molar refractivity (Wildman–Crippen MR) is 93.0 cm³/mol. The van der Waals surface area contributed by atoms with Crippen molar-refractivity contribution >= 4 is 22.8 Å². The molecule has 0 fully saturated rings. The highest BCUT2D eigenvalue weighted by Crippen LogP contribution is 2.18. The van der Waals surface area contributed by atoms with Crippen molar-refractivity contribution in [1.82, 2.24) is 20.4 Å². The Morgan fingerprint density at radius 2 is 2.12 bits per heavy atom. The quantitative estimate of drug-likeness (QED) is 0.657. The summed E-state index contributed by atoms with van der Waals surface area (Å²) in [4.78, 5) is 19.3. The number of benzene rings is 1. The smallest absolute Gasteiger partial charge is 0.408 e. The summed E-state index contributed by atoms with van der Waals surface area (Å²) in [5.41, 5.74) is 2.94. The first-order chi connectivity index (χ1) is 11.9. The minimum atomic E-state index is -0.525. The number of amides is 1. The summed E-state index contributed by atoms with van der Waals surface area (Å²) in [5, 5.41) is 9.80. The van der Waals surface area contributed by atoms with Crippen LogP contribution in [0.1, 0.15) is 32.3 Å². The van der Waals surface area contributed by atoms with Gasteiger partial charge in [0.05, 0.1) is 24.1 Å². The van der Waals surface area contributed by atoms with Crippen LogP contribution in [0.4, 0.5) is 10.5 Å². The fourth-order valence-corrected chi connectivity index (χ4v) is 2.25. The zero-order valence-electron chi connectivity index (χ0n) is 14.4. The molecule has 3 aromatic rings. The number of alkyl carbamates (subject to hydrolysis) is 1. The van der Waals surface area contributed by atoms with Crippen molar-refractivity contribution in [2.75, 3.05) is 5.32 Å². The second kappa shape index (κ2) is 6.84. The van der Waals surface area contributed by atoms with Crippen LogP contribution in [0, 0.1) is 0 Å². The highest BCUT2D eigenvalue weighted by Gasteiger charge is 2.16. The zero-order valence-corrected chi connectivity index (χ0v) is 14.4. The number of ether oxygens (including phenoxy) is 1. The van der Waals surface area contributed by atoms with Gasteiger partial charge in [0.15, 0.2) is 0 Å². The lowest BCUT2D eigenvalue weighted by Gasteiger charge is -2.19. The molecule has 132 valence electrons. The molecule has 0 radical (unpaired) electrons. The van der Waals surface area contributed by atoms with Crippen LogP contribution in [0.2, 0.25) is 0 Å². The number of hydrogen-bond donors (Lipinski definition) is 3. The van der Waals surface area contributed by atoms with Crippen molar-refractivity contribution in [3.8, 4) is 0 Å². The summed E-state index contributed by atoms with van der Waals surface area (Å²) < 4.78 is 10.0. The Labute approximate surface area is 144 Å². The van der Waals surface area contributed by atoms with Gasteiger partial charge in [0.25, 0.3) is 0 Å². The number of imidazole rings is 1. The van der Waals surface area contributed by atoms with Gasteiger partial charge < -0.3 is 24.9 Å². The topological polar surface area (TPSA) is 105 Å². The highest BCUT2D eigenvalue weighted by molar-refractivity contribution is 5.79. The van der Waals surface area contributed by atoms with Crippen LogP contribution < -0.4 is 10.6 Å². The minimum absolute atomic E-state index is 0.269. The lowest BCUT2D eigenvalue weighted by Crippen LogP contribution is -2.32. The largest absolute Gasteiger partial charge is 0.444 e. The lowest BCUT2D eigenvalue weighted by molar-refractivity contribution is 0.0522. The van der Waals surface area contributed by atoms with Gasteiger partial charge in [-0.3, -0.25) is 0 Å². The monoisotopic (exact) mass is 343 g/mol. The third-order valence-electron chi connectivity index (χ3n) is 3.29. The molecule has 0 atom stereocenters. The first kappa shape index (κ1) is 16.8. The molecule has 0 bridgehead atoms. The maximum Gasteiger partial charge on any atom is 0.408 e. The van der Waals surface area contributed by atoms with Crippen LogP contribution in [-0.2, 0) is 17.8 Å². The molecule has 8 nitrogen and oxygen atoms in total. The van der Waals surface area contributed by atoms with Gasteiger partial charge in [-0.25, -0.2) is 9.78 Å². The Kier molecular flexibility index (Phi) is 4.60. The van der Waals surface area contributed by atoms with E-state index in [2.05, 4.69) is 25.8 Å². The van der Waals surface area contributed by atoms with Gasteiger partial charge in [-0.05, 0) is 39.0 Å². The van der Waals surface area contributed by atoms with Crippen molar-refractivity contribution < 1.29 is 14.1 Å². The van der Waals surface area contributed by atoms with E-state index in [-0.39, 0.29) is 6.54 Å². The van der Waals surface area contributed by atoms with Crippen molar-refractivity contribution in [2.24, 2.45) is 0 Å². The normalized spacial score (nSPS) is 11.5. The molecule has 2 aromatic heterocycles. The Morgan fingerprint density at radius 3 is 2.84 bits per heavy atom. The van der Waals surface area contributed by atoms with Gasteiger partial charge in [0.2, 0.25) is 0 Å². The molecule has 0 saturated heterocycles. The number of nitrogens with one attached hydrogen (secondary N) is 3. The number of hydrogen-bond acceptors (Lipinski definition) is 6. The van der Waals surface area contributed by atoms with E-state index >= 15 is 0 Å². The van der Waals surface area contributed by atoms with Crippen LogP contribution in [-0.4, -0.2) is 26.8 Å². The third-order valence-corrected chi connectivity index (χ3v) is 3.29. The van der Waals surface area contributed by atoms with E-state index in [0.717, 1.165) is 22.4 Å². The number of anilines is 1. The zero-order chi connectivity index (χ0) is 17.9. The van der Waals surface area contributed by atoms with Crippen LogP contribution in [0.3, 0.4) is 0 Å². The minimum Gasteiger partial charge on any atom is -0.444 e. The number of carbonyl (C=O) groups is 1. The summed E-state index contributed by atoms with van der Waals surface area (Å²) in [6.07, 6.45) is 1.07. The summed E-state index contributed by atoms with van der Waals surface area (Å²) in [6.45, 7) is 6.30. The third kappa shape index (κ3) is 4.72. The van der Waals surface area contributed by atoms with Gasteiger partial charge in [0, 0.05) is 11.8 Å². The fraction of sp³-hybridized carbons (Fsp3) is 0.353. The highest BCUT2D eigenvalue weighted by atomic mass is 16.6. The molecule has 0 saturated carbocycles. The van der Waals surface area contributed by atoms with Crippen LogP contribution in [0.5, 0.6) is 0 Å². The number of nitrogens with zero attached hydrogens (tertiary/aromatic N) is 2. The molecule has 3 N–H and O–H groups in total. The first-order valence-electron chi connectivity index (χ1n) is 7.98. The standard InChI is InChI=1S/C17H21N5O3/c1-17(2,3)25-16(23)19-10-15-20-13-5-4-11(8-14(13)21-15)18-9-12-6-7-24-22-12/h4-8,18H,9-10H2,1-3H3,(H,19,23)(H,20,21). The molecule has 0 spiro atoms. The molecule has 0 unspecified atom stereocenters. The number of rotatable bonds is 5. The van der Waals surface area contributed by atoms with E-state index in [1.165, 1.54) is 0 Å². The lowest BCUT2D eigenvalue weighted by atomic mass is 10.2. The average molecular weight is 343 g/mol. The Balaban J connectivity index is 1.61. The maximum absolute atomic E-state index is 11.7. The Hall–Kier alpha value is -3.03. The van der Waals surface area contributed by atoms with Crippen LogP contribution >= 0.6 is 0 Å². The number of carbonyl (C=O) groups excluding carboxylic acids is 1. The molecule has 0 aliphatic carbocycles. The van der Waals surface area contributed by atoms with Crippen LogP contribution in [0.25, 0.3) is 11.0 Å². The molecule has 8 heteroatoms. The van der Waals surface area contributed by atoms with E-state index in [0.29, 0.717) is 12.4 Å². The van der Waals surface area contributed by atoms with E-state index in [4.69, 9.17) is 9.26 Å². The van der Waals surface area contributed by atoms with Crippen molar-refractivity contribution in [2.45, 2.75) is 39.5 Å². The summed E-state index contributed by atoms with van der Waals surface area (Å²) in [7, 11) is 0. The second-order valence-electron chi connectivity index (χ2n) is 6.62. The van der Waals surface area contributed by atoms with Gasteiger partial charge in [-0.2, -0.15) is 0 Å². The number of H-pyrrole nitrogens is 1. The summed E-state index contributed by atoms with van der Waals surface area (Å²) in [5.74, 6) is 0.662. The summed E-state index contributed by atoms with van der Waals surface area (Å²) >= 11 is 0. The van der Waals surface area contributed by atoms with Crippen molar-refractivity contribution in [3.05, 3.63) is 42.0 Å². The number of aromatic amines is 1. The van der Waals surface area contributed by atoms with Crippen LogP contribution in [0.15, 0.2) is 35.1 Å². The number of fused-ring (bicyclic) bond motifs is 1. The molecular formula is C17H21N5O3. The molecule has 1 aromatic carbocycles. The second-order valence-corrected chi connectivity index (χ2v) is 6.62. The van der Waals surface area contributed by atoms with Gasteiger partial charge in [-0.1, -0.05) is 5.16 Å². The number of aromatic nitrogens is 3. The molecule has 25 heavy (non-hydrogen) atoms. The molecule has 0 aliphatic heterocycles. The van der Waals surface area contributed by atoms with E-state index < -0.39 is 11.7 Å². The van der Waals surface area contributed by atoms with E-state index in [9.17, 15) is 4.79 Å². The Bertz CT molecular complexity index is 849. The first-order valence-corrected chi connectivity index (χ1v) is 7.98. The Morgan fingerprint density at radius 1 is 1.28 bits per heavy atom. The van der Waals surface area contributed by atoms with E-state index in [1.54, 1.807) is 6.26 Å². The predicted octanol–water partition coefficient (Wildman–Crippen LogP) is 3.19. The van der Waals surface area contributed by atoms with Crippen molar-refractivity contribution in [1.29, 1.82) is 0 Å². The molecular weight excluding hydrogens is 322 g/mol. The maximum atomic E-state index is 11.7. The van der Waals surface area contributed by atoms with Crippen molar-refractivity contribution in [3.63, 3.8) is 0 Å². The SMILES string of the molecule is CC(C)(C)OC(=O)NCc1nc2ccc(NCc3ccon3)cc2[nH]1. The van der Waals surface area contributed by atoms with Gasteiger partial charge in [-0.15, -0.1) is 0 Å². The molecule has 2 heterocycles.